The highest BCUT2D eigenvalue weighted by Crippen LogP contribution is 2.25. The highest BCUT2D eigenvalue weighted by Gasteiger charge is 2.22. The second-order valence-corrected chi connectivity index (χ2v) is 6.20. The lowest BCUT2D eigenvalue weighted by Gasteiger charge is -2.36. The monoisotopic (exact) mass is 358 g/mol. The summed E-state index contributed by atoms with van der Waals surface area (Å²) in [5.74, 6) is 1.19. The van der Waals surface area contributed by atoms with Gasteiger partial charge < -0.3 is 19.3 Å². The van der Waals surface area contributed by atoms with Crippen LogP contribution in [0.3, 0.4) is 0 Å². The van der Waals surface area contributed by atoms with E-state index in [9.17, 15) is 9.18 Å². The molecule has 2 aromatic carbocycles. The Balaban J connectivity index is 1.59. The maximum atomic E-state index is 13.0. The van der Waals surface area contributed by atoms with Crippen LogP contribution in [0, 0.1) is 5.82 Å². The second-order valence-electron chi connectivity index (χ2n) is 6.20. The van der Waals surface area contributed by atoms with Crippen LogP contribution in [0.25, 0.3) is 0 Å². The number of methoxy groups -OCH3 is 2. The van der Waals surface area contributed by atoms with Crippen LogP contribution in [0.4, 0.5) is 10.1 Å². The van der Waals surface area contributed by atoms with Crippen molar-refractivity contribution in [2.24, 2.45) is 0 Å². The number of rotatable bonds is 5. The third-order valence-corrected chi connectivity index (χ3v) is 4.66. The highest BCUT2D eigenvalue weighted by atomic mass is 19.1. The Morgan fingerprint density at radius 2 is 1.69 bits per heavy atom. The molecule has 0 aliphatic carbocycles. The molecule has 0 N–H and O–H groups in total. The van der Waals surface area contributed by atoms with Crippen molar-refractivity contribution >= 4 is 11.6 Å². The van der Waals surface area contributed by atoms with Gasteiger partial charge in [0, 0.05) is 43.5 Å². The van der Waals surface area contributed by atoms with Gasteiger partial charge in [-0.3, -0.25) is 4.79 Å². The maximum Gasteiger partial charge on any atom is 0.227 e. The summed E-state index contributed by atoms with van der Waals surface area (Å²) < 4.78 is 23.6. The Morgan fingerprint density at radius 1 is 1.00 bits per heavy atom. The number of piperazine rings is 1. The lowest BCUT2D eigenvalue weighted by Crippen LogP contribution is -2.49. The first-order valence-electron chi connectivity index (χ1n) is 8.60. The lowest BCUT2D eigenvalue weighted by atomic mass is 10.1. The molecule has 0 aromatic heterocycles. The predicted molar refractivity (Wildman–Crippen MR) is 98.4 cm³/mol. The summed E-state index contributed by atoms with van der Waals surface area (Å²) in [7, 11) is 3.18. The first kappa shape index (κ1) is 18.0. The van der Waals surface area contributed by atoms with Gasteiger partial charge in [-0.2, -0.15) is 0 Å². The van der Waals surface area contributed by atoms with E-state index in [0.29, 0.717) is 31.0 Å². The van der Waals surface area contributed by atoms with Gasteiger partial charge in [0.2, 0.25) is 5.91 Å². The number of hydrogen-bond donors (Lipinski definition) is 0. The number of ether oxygens (including phenoxy) is 2. The quantitative estimate of drug-likeness (QED) is 0.824. The molecule has 0 atom stereocenters. The van der Waals surface area contributed by atoms with E-state index in [0.717, 1.165) is 24.3 Å². The van der Waals surface area contributed by atoms with Crippen molar-refractivity contribution in [1.29, 1.82) is 0 Å². The molecule has 1 heterocycles. The van der Waals surface area contributed by atoms with Gasteiger partial charge in [-0.05, 0) is 30.3 Å². The molecule has 3 rings (SSSR count). The summed E-state index contributed by atoms with van der Waals surface area (Å²) in [5, 5.41) is 0. The summed E-state index contributed by atoms with van der Waals surface area (Å²) in [6.45, 7) is 2.76. The minimum absolute atomic E-state index is 0.0761. The molecule has 0 unspecified atom stereocenters. The highest BCUT2D eigenvalue weighted by molar-refractivity contribution is 5.80. The predicted octanol–water partition coefficient (Wildman–Crippen LogP) is 2.73. The average molecular weight is 358 g/mol. The van der Waals surface area contributed by atoms with Gasteiger partial charge in [0.05, 0.1) is 20.6 Å². The molecule has 1 saturated heterocycles. The first-order chi connectivity index (χ1) is 12.6. The molecule has 0 saturated carbocycles. The third kappa shape index (κ3) is 4.07. The van der Waals surface area contributed by atoms with Crippen LogP contribution in [0.2, 0.25) is 0 Å². The lowest BCUT2D eigenvalue weighted by molar-refractivity contribution is -0.130. The van der Waals surface area contributed by atoms with Gasteiger partial charge in [0.15, 0.2) is 0 Å². The molecule has 1 amide bonds. The van der Waals surface area contributed by atoms with E-state index in [1.54, 1.807) is 32.4 Å². The fourth-order valence-corrected chi connectivity index (χ4v) is 3.14. The number of benzene rings is 2. The summed E-state index contributed by atoms with van der Waals surface area (Å²) in [6, 6.07) is 12.0. The van der Waals surface area contributed by atoms with Crippen molar-refractivity contribution in [1.82, 2.24) is 4.90 Å². The van der Waals surface area contributed by atoms with Crippen LogP contribution in [-0.2, 0) is 11.2 Å². The third-order valence-electron chi connectivity index (χ3n) is 4.66. The number of nitrogens with zero attached hydrogens (tertiary/aromatic N) is 2. The van der Waals surface area contributed by atoms with Crippen LogP contribution in [-0.4, -0.2) is 51.2 Å². The van der Waals surface area contributed by atoms with Crippen molar-refractivity contribution in [3.8, 4) is 11.5 Å². The molecule has 0 radical (unpaired) electrons. The van der Waals surface area contributed by atoms with Gasteiger partial charge in [-0.25, -0.2) is 4.39 Å². The smallest absolute Gasteiger partial charge is 0.227 e. The van der Waals surface area contributed by atoms with Gasteiger partial charge in [-0.15, -0.1) is 0 Å². The van der Waals surface area contributed by atoms with E-state index in [1.807, 2.05) is 17.0 Å². The molecular weight excluding hydrogens is 335 g/mol. The fourth-order valence-electron chi connectivity index (χ4n) is 3.14. The van der Waals surface area contributed by atoms with E-state index in [-0.39, 0.29) is 11.7 Å². The molecule has 26 heavy (non-hydrogen) atoms. The number of carbonyl (C=O) groups excluding carboxylic acids is 1. The van der Waals surface area contributed by atoms with Gasteiger partial charge in [0.1, 0.15) is 17.3 Å². The number of amides is 1. The van der Waals surface area contributed by atoms with Crippen LogP contribution in [0.1, 0.15) is 5.56 Å². The Labute approximate surface area is 152 Å². The summed E-state index contributed by atoms with van der Waals surface area (Å²) in [5.41, 5.74) is 1.83. The SMILES string of the molecule is COc1ccc(CC(=O)N2CCN(c3ccc(F)cc3)CC2)c(OC)c1. The van der Waals surface area contributed by atoms with Crippen LogP contribution < -0.4 is 14.4 Å². The number of anilines is 1. The number of halogens is 1. The Hall–Kier alpha value is -2.76. The van der Waals surface area contributed by atoms with Crippen molar-refractivity contribution in [2.75, 3.05) is 45.3 Å². The standard InChI is InChI=1S/C20H23FN2O3/c1-25-18-8-3-15(19(14-18)26-2)13-20(24)23-11-9-22(10-12-23)17-6-4-16(21)5-7-17/h3-8,14H,9-13H2,1-2H3. The van der Waals surface area contributed by atoms with Gasteiger partial charge >= 0.3 is 0 Å². The summed E-state index contributed by atoms with van der Waals surface area (Å²) >= 11 is 0. The largest absolute Gasteiger partial charge is 0.497 e. The molecule has 2 aromatic rings. The second kappa shape index (κ2) is 8.08. The van der Waals surface area contributed by atoms with E-state index < -0.39 is 0 Å². The zero-order chi connectivity index (χ0) is 18.5. The van der Waals surface area contributed by atoms with E-state index in [1.165, 1.54) is 12.1 Å². The van der Waals surface area contributed by atoms with Crippen LogP contribution >= 0.6 is 0 Å². The van der Waals surface area contributed by atoms with Crippen LogP contribution in [0.5, 0.6) is 11.5 Å². The Kier molecular flexibility index (Phi) is 5.61. The minimum Gasteiger partial charge on any atom is -0.497 e. The normalized spacial score (nSPS) is 14.3. The molecule has 6 heteroatoms. The van der Waals surface area contributed by atoms with E-state index in [4.69, 9.17) is 9.47 Å². The summed E-state index contributed by atoms with van der Waals surface area (Å²) in [4.78, 5) is 16.7. The van der Waals surface area contributed by atoms with Crippen molar-refractivity contribution in [3.63, 3.8) is 0 Å². The molecule has 1 fully saturated rings. The maximum absolute atomic E-state index is 13.0. The van der Waals surface area contributed by atoms with Crippen molar-refractivity contribution in [2.45, 2.75) is 6.42 Å². The zero-order valence-corrected chi connectivity index (χ0v) is 15.1. The average Bonchev–Trinajstić information content (AvgIpc) is 2.69. The molecule has 0 spiro atoms. The number of hydrogen-bond acceptors (Lipinski definition) is 4. The molecule has 138 valence electrons. The van der Waals surface area contributed by atoms with Gasteiger partial charge in [0.25, 0.3) is 0 Å². The van der Waals surface area contributed by atoms with Gasteiger partial charge in [-0.1, -0.05) is 6.07 Å². The fraction of sp³-hybridized carbons (Fsp3) is 0.350. The van der Waals surface area contributed by atoms with E-state index in [2.05, 4.69) is 4.90 Å². The van der Waals surface area contributed by atoms with Crippen molar-refractivity contribution in [3.05, 3.63) is 53.8 Å². The molecule has 1 aliphatic heterocycles. The molecule has 5 nitrogen and oxygen atoms in total. The topological polar surface area (TPSA) is 42.0 Å². The Bertz CT molecular complexity index is 756. The van der Waals surface area contributed by atoms with Crippen molar-refractivity contribution < 1.29 is 18.7 Å². The number of carbonyl (C=O) groups is 1. The first-order valence-corrected chi connectivity index (χ1v) is 8.60. The minimum atomic E-state index is -0.240. The Morgan fingerprint density at radius 3 is 2.31 bits per heavy atom. The molecular formula is C20H23FN2O3. The molecule has 1 aliphatic rings. The van der Waals surface area contributed by atoms with E-state index >= 15 is 0 Å². The summed E-state index contributed by atoms with van der Waals surface area (Å²) in [6.07, 6.45) is 0.295. The molecule has 0 bridgehead atoms. The zero-order valence-electron chi connectivity index (χ0n) is 15.1. The van der Waals surface area contributed by atoms with Crippen LogP contribution in [0.15, 0.2) is 42.5 Å².